The van der Waals surface area contributed by atoms with E-state index >= 15 is 0 Å². The van der Waals surface area contributed by atoms with Crippen LogP contribution in [0.5, 0.6) is 5.75 Å². The van der Waals surface area contributed by atoms with Gasteiger partial charge in [-0.05, 0) is 61.7 Å². The maximum Gasteiger partial charge on any atom is 0.338 e. The molecule has 1 aliphatic rings. The third-order valence-corrected chi connectivity index (χ3v) is 5.84. The van der Waals surface area contributed by atoms with E-state index in [1.54, 1.807) is 24.3 Å². The summed E-state index contributed by atoms with van der Waals surface area (Å²) < 4.78 is 38.1. The van der Waals surface area contributed by atoms with Gasteiger partial charge in [0.15, 0.2) is 6.10 Å². The molecule has 154 valence electrons. The summed E-state index contributed by atoms with van der Waals surface area (Å²) in [7, 11) is -2.40. The van der Waals surface area contributed by atoms with Crippen molar-refractivity contribution >= 4 is 27.6 Å². The second-order valence-corrected chi connectivity index (χ2v) is 8.22. The molecular formula is C20H22N2O6S. The number of hydrogen-bond donors (Lipinski definition) is 2. The van der Waals surface area contributed by atoms with Crippen molar-refractivity contribution in [3.05, 3.63) is 54.1 Å². The van der Waals surface area contributed by atoms with E-state index in [0.29, 0.717) is 24.4 Å². The van der Waals surface area contributed by atoms with Crippen LogP contribution in [0.3, 0.4) is 0 Å². The molecule has 29 heavy (non-hydrogen) atoms. The monoisotopic (exact) mass is 418 g/mol. The molecule has 1 amide bonds. The Morgan fingerprint density at radius 3 is 2.62 bits per heavy atom. The van der Waals surface area contributed by atoms with Gasteiger partial charge in [-0.1, -0.05) is 6.07 Å². The van der Waals surface area contributed by atoms with E-state index in [9.17, 15) is 18.0 Å². The highest BCUT2D eigenvalue weighted by atomic mass is 32.2. The van der Waals surface area contributed by atoms with Gasteiger partial charge in [-0.2, -0.15) is 0 Å². The van der Waals surface area contributed by atoms with Crippen molar-refractivity contribution < 1.29 is 27.5 Å². The lowest BCUT2D eigenvalue weighted by molar-refractivity contribution is -0.129. The zero-order valence-corrected chi connectivity index (χ0v) is 16.7. The van der Waals surface area contributed by atoms with Gasteiger partial charge in [-0.15, -0.1) is 0 Å². The Bertz CT molecular complexity index is 988. The van der Waals surface area contributed by atoms with Gasteiger partial charge >= 0.3 is 5.97 Å². The van der Waals surface area contributed by atoms with Crippen molar-refractivity contribution in [2.75, 3.05) is 18.4 Å². The van der Waals surface area contributed by atoms with Gasteiger partial charge in [0.05, 0.1) is 17.6 Å². The highest BCUT2D eigenvalue weighted by Gasteiger charge is 2.26. The first-order chi connectivity index (χ1) is 13.9. The average Bonchev–Trinajstić information content (AvgIpc) is 2.92. The van der Waals surface area contributed by atoms with E-state index in [1.807, 2.05) is 0 Å². The minimum Gasteiger partial charge on any atom is -0.497 e. The molecule has 0 aliphatic carbocycles. The lowest BCUT2D eigenvalue weighted by Gasteiger charge is -2.15. The second-order valence-electron chi connectivity index (χ2n) is 6.54. The standard InChI is InChI=1S/C20H22N2O6S/c1-27-16-10-8-15(9-11-16)22-29(25,26)17-6-4-5-14(13-17)20(24)28-18-7-2-3-12-21-19(18)23/h4-6,8-11,13,18,22H,2-3,7,12H2,1H3,(H,21,23). The summed E-state index contributed by atoms with van der Waals surface area (Å²) in [6.45, 7) is 0.553. The van der Waals surface area contributed by atoms with Crippen molar-refractivity contribution in [2.24, 2.45) is 0 Å². The molecule has 1 atom stereocenters. The molecule has 0 saturated carbocycles. The molecule has 1 saturated heterocycles. The Morgan fingerprint density at radius 1 is 1.14 bits per heavy atom. The van der Waals surface area contributed by atoms with Crippen LogP contribution >= 0.6 is 0 Å². The van der Waals surface area contributed by atoms with Crippen molar-refractivity contribution in [3.8, 4) is 5.75 Å². The van der Waals surface area contributed by atoms with Crippen molar-refractivity contribution in [2.45, 2.75) is 30.3 Å². The van der Waals surface area contributed by atoms with Gasteiger partial charge in [0.1, 0.15) is 5.75 Å². The summed E-state index contributed by atoms with van der Waals surface area (Å²) >= 11 is 0. The van der Waals surface area contributed by atoms with Crippen molar-refractivity contribution in [1.29, 1.82) is 0 Å². The number of esters is 1. The fourth-order valence-corrected chi connectivity index (χ4v) is 3.99. The predicted molar refractivity (Wildman–Crippen MR) is 106 cm³/mol. The lowest BCUT2D eigenvalue weighted by atomic mass is 10.1. The van der Waals surface area contributed by atoms with Gasteiger partial charge in [0.2, 0.25) is 0 Å². The normalized spacial score (nSPS) is 17.0. The van der Waals surface area contributed by atoms with Crippen LogP contribution in [0.1, 0.15) is 29.6 Å². The van der Waals surface area contributed by atoms with Gasteiger partial charge < -0.3 is 14.8 Å². The molecule has 0 aromatic heterocycles. The number of rotatable bonds is 6. The van der Waals surface area contributed by atoms with Crippen LogP contribution in [-0.2, 0) is 19.6 Å². The summed E-state index contributed by atoms with van der Waals surface area (Å²) in [4.78, 5) is 24.3. The largest absolute Gasteiger partial charge is 0.497 e. The Kier molecular flexibility index (Phi) is 6.38. The fraction of sp³-hybridized carbons (Fsp3) is 0.300. The van der Waals surface area contributed by atoms with E-state index in [0.717, 1.165) is 12.8 Å². The number of ether oxygens (including phenoxy) is 2. The maximum absolute atomic E-state index is 12.7. The van der Waals surface area contributed by atoms with Gasteiger partial charge in [0.25, 0.3) is 15.9 Å². The Morgan fingerprint density at radius 2 is 1.90 bits per heavy atom. The molecule has 3 rings (SSSR count). The molecule has 8 nitrogen and oxygen atoms in total. The number of amides is 1. The first-order valence-corrected chi connectivity index (χ1v) is 10.6. The molecule has 1 heterocycles. The molecule has 0 radical (unpaired) electrons. The minimum absolute atomic E-state index is 0.0552. The summed E-state index contributed by atoms with van der Waals surface area (Å²) in [5.74, 6) is -0.477. The van der Waals surface area contributed by atoms with E-state index in [1.165, 1.54) is 31.4 Å². The number of benzene rings is 2. The summed E-state index contributed by atoms with van der Waals surface area (Å²) in [5, 5.41) is 2.69. The number of nitrogens with one attached hydrogen (secondary N) is 2. The predicted octanol–water partition coefficient (Wildman–Crippen LogP) is 2.32. The molecule has 2 aromatic carbocycles. The molecule has 1 unspecified atom stereocenters. The molecule has 2 aromatic rings. The number of carbonyl (C=O) groups excluding carboxylic acids is 2. The number of methoxy groups -OCH3 is 1. The average molecular weight is 418 g/mol. The van der Waals surface area contributed by atoms with E-state index in [2.05, 4.69) is 10.0 Å². The van der Waals surface area contributed by atoms with Crippen LogP contribution in [0.15, 0.2) is 53.4 Å². The lowest BCUT2D eigenvalue weighted by Crippen LogP contribution is -2.36. The minimum atomic E-state index is -3.92. The second kappa shape index (κ2) is 8.95. The Balaban J connectivity index is 1.74. The Labute approximate surface area is 169 Å². The van der Waals surface area contributed by atoms with E-state index < -0.39 is 22.1 Å². The van der Waals surface area contributed by atoms with Gasteiger partial charge in [-0.3, -0.25) is 9.52 Å². The zero-order chi connectivity index (χ0) is 20.9. The van der Waals surface area contributed by atoms with Crippen LogP contribution < -0.4 is 14.8 Å². The van der Waals surface area contributed by atoms with Crippen LogP contribution in [0.25, 0.3) is 0 Å². The zero-order valence-electron chi connectivity index (χ0n) is 15.9. The third kappa shape index (κ3) is 5.26. The Hall–Kier alpha value is -3.07. The summed E-state index contributed by atoms with van der Waals surface area (Å²) in [5.41, 5.74) is 0.411. The van der Waals surface area contributed by atoms with Crippen LogP contribution in [0.4, 0.5) is 5.69 Å². The third-order valence-electron chi connectivity index (χ3n) is 4.46. The molecule has 2 N–H and O–H groups in total. The molecular weight excluding hydrogens is 396 g/mol. The number of hydrogen-bond acceptors (Lipinski definition) is 6. The van der Waals surface area contributed by atoms with Crippen molar-refractivity contribution in [3.63, 3.8) is 0 Å². The highest BCUT2D eigenvalue weighted by Crippen LogP contribution is 2.21. The van der Waals surface area contributed by atoms with Crippen LogP contribution in [0.2, 0.25) is 0 Å². The quantitative estimate of drug-likeness (QED) is 0.697. The summed E-state index contributed by atoms with van der Waals surface area (Å²) in [6, 6.07) is 11.9. The first kappa shape index (κ1) is 20.7. The van der Waals surface area contributed by atoms with Gasteiger partial charge in [-0.25, -0.2) is 13.2 Å². The summed E-state index contributed by atoms with van der Waals surface area (Å²) in [6.07, 6.45) is 1.15. The number of anilines is 1. The molecule has 1 aliphatic heterocycles. The maximum atomic E-state index is 12.7. The molecule has 9 heteroatoms. The van der Waals surface area contributed by atoms with Crippen molar-refractivity contribution in [1.82, 2.24) is 5.32 Å². The molecule has 1 fully saturated rings. The van der Waals surface area contributed by atoms with E-state index in [4.69, 9.17) is 9.47 Å². The molecule has 0 bridgehead atoms. The molecule has 0 spiro atoms. The number of carbonyl (C=O) groups is 2. The highest BCUT2D eigenvalue weighted by molar-refractivity contribution is 7.92. The smallest absolute Gasteiger partial charge is 0.338 e. The topological polar surface area (TPSA) is 111 Å². The van der Waals surface area contributed by atoms with E-state index in [-0.39, 0.29) is 16.4 Å². The van der Waals surface area contributed by atoms with Crippen LogP contribution in [0, 0.1) is 0 Å². The fourth-order valence-electron chi connectivity index (χ4n) is 2.88. The van der Waals surface area contributed by atoms with Gasteiger partial charge in [0, 0.05) is 12.2 Å². The van der Waals surface area contributed by atoms with Crippen LogP contribution in [-0.4, -0.2) is 40.1 Å². The number of sulfonamides is 1. The first-order valence-electron chi connectivity index (χ1n) is 9.15. The SMILES string of the molecule is COc1ccc(NS(=O)(=O)c2cccc(C(=O)OC3CCCCNC3=O)c2)cc1.